The van der Waals surface area contributed by atoms with E-state index in [1.54, 1.807) is 46.2 Å². The van der Waals surface area contributed by atoms with Crippen LogP contribution >= 0.6 is 58.4 Å². The zero-order valence-corrected chi connectivity index (χ0v) is 15.1. The largest absolute Gasteiger partial charge is 0.229 e. The topological polar surface area (TPSA) is 25.8 Å². The Morgan fingerprint density at radius 3 is 1.68 bits per heavy atom. The van der Waals surface area contributed by atoms with Crippen LogP contribution in [0.15, 0.2) is 57.2 Å². The number of hydrogen-bond acceptors (Lipinski definition) is 7. The summed E-state index contributed by atoms with van der Waals surface area (Å²) in [5.74, 6) is 0. The molecule has 2 nitrogen and oxygen atoms in total. The van der Waals surface area contributed by atoms with Crippen molar-refractivity contribution in [3.8, 4) is 0 Å². The average Bonchev–Trinajstić information content (AvgIpc) is 3.08. The molecule has 2 heterocycles. The molecule has 0 saturated heterocycles. The first-order valence-electron chi connectivity index (χ1n) is 6.39. The zero-order valence-electron chi connectivity index (χ0n) is 11.1. The summed E-state index contributed by atoms with van der Waals surface area (Å²) in [6.07, 6.45) is 0. The maximum Gasteiger partial charge on any atom is 0.157 e. The third kappa shape index (κ3) is 3.04. The molecule has 4 aromatic rings. The van der Waals surface area contributed by atoms with Crippen molar-refractivity contribution in [2.45, 2.75) is 8.68 Å². The lowest BCUT2D eigenvalue weighted by Gasteiger charge is -1.96. The third-order valence-corrected chi connectivity index (χ3v) is 7.42. The molecule has 0 aliphatic rings. The average molecular weight is 377 g/mol. The van der Waals surface area contributed by atoms with Gasteiger partial charge < -0.3 is 0 Å². The minimum Gasteiger partial charge on any atom is -0.229 e. The molecule has 0 atom stereocenters. The van der Waals surface area contributed by atoms with Crippen LogP contribution in [0.4, 0.5) is 0 Å². The maximum atomic E-state index is 5.49. The van der Waals surface area contributed by atoms with E-state index in [1.165, 1.54) is 9.40 Å². The summed E-state index contributed by atoms with van der Waals surface area (Å²) in [7, 11) is 0. The molecule has 0 N–H and O–H groups in total. The fourth-order valence-electron chi connectivity index (χ4n) is 1.95. The van der Waals surface area contributed by atoms with Gasteiger partial charge in [0.1, 0.15) is 3.53 Å². The van der Waals surface area contributed by atoms with E-state index in [0.717, 1.165) is 23.2 Å². The van der Waals surface area contributed by atoms with Crippen LogP contribution in [-0.4, -0.2) is 13.5 Å². The van der Waals surface area contributed by atoms with Gasteiger partial charge in [-0.05, 0) is 47.8 Å². The highest BCUT2D eigenvalue weighted by atomic mass is 32.2. The molecule has 0 spiro atoms. The molecule has 0 fully saturated rings. The Hall–Kier alpha value is -0.990. The van der Waals surface area contributed by atoms with Crippen LogP contribution in [0.5, 0.6) is 0 Å². The van der Waals surface area contributed by atoms with Crippen molar-refractivity contribution in [3.05, 3.63) is 48.5 Å². The van der Waals surface area contributed by atoms with E-state index in [4.69, 9.17) is 12.2 Å². The molecule has 7 heteroatoms. The number of fused-ring (bicyclic) bond motifs is 2. The van der Waals surface area contributed by atoms with Gasteiger partial charge in [-0.2, -0.15) is 0 Å². The smallest absolute Gasteiger partial charge is 0.157 e. The highest BCUT2D eigenvalue weighted by molar-refractivity contribution is 8.47. The van der Waals surface area contributed by atoms with Crippen LogP contribution in [0.25, 0.3) is 20.4 Å². The van der Waals surface area contributed by atoms with E-state index in [-0.39, 0.29) is 0 Å². The fraction of sp³-hybridized carbons (Fsp3) is 0. The lowest BCUT2D eigenvalue weighted by atomic mass is 10.3. The van der Waals surface area contributed by atoms with Crippen molar-refractivity contribution in [3.63, 3.8) is 0 Å². The van der Waals surface area contributed by atoms with Gasteiger partial charge in [0.25, 0.3) is 0 Å². The molecule has 0 bridgehead atoms. The highest BCUT2D eigenvalue weighted by Gasteiger charge is 2.11. The Morgan fingerprint density at radius 2 is 1.23 bits per heavy atom. The number of thiazole rings is 2. The van der Waals surface area contributed by atoms with Gasteiger partial charge in [0.15, 0.2) is 8.68 Å². The maximum absolute atomic E-state index is 5.49. The van der Waals surface area contributed by atoms with Crippen molar-refractivity contribution in [1.29, 1.82) is 0 Å². The van der Waals surface area contributed by atoms with Crippen LogP contribution in [0.1, 0.15) is 0 Å². The summed E-state index contributed by atoms with van der Waals surface area (Å²) in [6, 6.07) is 16.3. The van der Waals surface area contributed by atoms with Gasteiger partial charge in [-0.1, -0.05) is 36.5 Å². The highest BCUT2D eigenvalue weighted by Crippen LogP contribution is 2.37. The van der Waals surface area contributed by atoms with E-state index in [0.29, 0.717) is 0 Å². The summed E-state index contributed by atoms with van der Waals surface area (Å²) >= 11 is 11.9. The summed E-state index contributed by atoms with van der Waals surface area (Å²) < 4.78 is 5.19. The third-order valence-electron chi connectivity index (χ3n) is 2.89. The molecular formula is C15H8N2S5. The predicted molar refractivity (Wildman–Crippen MR) is 104 cm³/mol. The number of thioether (sulfide) groups is 2. The number of aromatic nitrogens is 2. The normalized spacial score (nSPS) is 11.3. The standard InChI is InChI=1S/C15H8N2S5/c18-15(21-13-16-9-5-1-3-7-11(9)19-13)22-14-17-10-6-2-4-8-12(10)20-14/h1-8H. The van der Waals surface area contributed by atoms with Gasteiger partial charge in [-0.3, -0.25) is 0 Å². The first-order valence-corrected chi connectivity index (χ1v) is 10.1. The summed E-state index contributed by atoms with van der Waals surface area (Å²) in [4.78, 5) is 9.20. The van der Waals surface area contributed by atoms with E-state index < -0.39 is 0 Å². The van der Waals surface area contributed by atoms with Crippen molar-refractivity contribution >= 4 is 82.4 Å². The van der Waals surface area contributed by atoms with Crippen molar-refractivity contribution < 1.29 is 0 Å². The molecule has 2 aromatic heterocycles. The van der Waals surface area contributed by atoms with Gasteiger partial charge in [0, 0.05) is 0 Å². The summed E-state index contributed by atoms with van der Waals surface area (Å²) in [6.45, 7) is 0. The van der Waals surface area contributed by atoms with Crippen LogP contribution in [0.2, 0.25) is 0 Å². The zero-order chi connectivity index (χ0) is 14.9. The lowest BCUT2D eigenvalue weighted by Crippen LogP contribution is -1.80. The Balaban J connectivity index is 1.52. The SMILES string of the molecule is S=C(Sc1nc2ccccc2s1)Sc1nc2ccccc2s1. The molecule has 108 valence electrons. The first-order chi connectivity index (χ1) is 10.8. The fourth-order valence-corrected chi connectivity index (χ4v) is 7.04. The van der Waals surface area contributed by atoms with E-state index in [2.05, 4.69) is 22.1 Å². The van der Waals surface area contributed by atoms with Gasteiger partial charge in [-0.15, -0.1) is 22.7 Å². The van der Waals surface area contributed by atoms with Gasteiger partial charge in [-0.25, -0.2) is 9.97 Å². The predicted octanol–water partition coefficient (Wildman–Crippen LogP) is 6.08. The molecule has 0 saturated carbocycles. The van der Waals surface area contributed by atoms with E-state index in [9.17, 15) is 0 Å². The molecule has 0 amide bonds. The quantitative estimate of drug-likeness (QED) is 0.312. The number of thiocarbonyl (C=S) groups is 1. The second-order valence-corrected chi connectivity index (χ2v) is 10.1. The Labute approximate surface area is 149 Å². The molecular weight excluding hydrogens is 369 g/mol. The summed E-state index contributed by atoms with van der Waals surface area (Å²) in [5.41, 5.74) is 2.06. The van der Waals surface area contributed by atoms with Crippen LogP contribution in [-0.2, 0) is 0 Å². The summed E-state index contributed by atoms with van der Waals surface area (Å²) in [5, 5.41) is 0. The van der Waals surface area contributed by atoms with Crippen LogP contribution in [0.3, 0.4) is 0 Å². The molecule has 0 radical (unpaired) electrons. The minimum absolute atomic E-state index is 0.832. The second-order valence-electron chi connectivity index (χ2n) is 4.35. The molecule has 4 rings (SSSR count). The lowest BCUT2D eigenvalue weighted by molar-refractivity contribution is 1.31. The van der Waals surface area contributed by atoms with Gasteiger partial charge in [0.05, 0.1) is 20.4 Å². The van der Waals surface area contributed by atoms with Crippen LogP contribution < -0.4 is 0 Å². The van der Waals surface area contributed by atoms with E-state index in [1.807, 2.05) is 36.4 Å². The van der Waals surface area contributed by atoms with Gasteiger partial charge >= 0.3 is 0 Å². The number of nitrogens with zero attached hydrogens (tertiary/aromatic N) is 2. The Morgan fingerprint density at radius 1 is 0.773 bits per heavy atom. The molecule has 0 unspecified atom stereocenters. The Kier molecular flexibility index (Phi) is 4.15. The first kappa shape index (κ1) is 14.6. The van der Waals surface area contributed by atoms with Gasteiger partial charge in [0.2, 0.25) is 0 Å². The molecule has 0 aliphatic heterocycles. The number of rotatable bonds is 2. The minimum atomic E-state index is 0.832. The molecule has 2 aromatic carbocycles. The number of benzene rings is 2. The van der Waals surface area contributed by atoms with Crippen LogP contribution in [0, 0.1) is 0 Å². The monoisotopic (exact) mass is 376 g/mol. The number of hydrogen-bond donors (Lipinski definition) is 0. The second kappa shape index (κ2) is 6.25. The molecule has 0 aliphatic carbocycles. The van der Waals surface area contributed by atoms with E-state index >= 15 is 0 Å². The number of para-hydroxylation sites is 2. The van der Waals surface area contributed by atoms with Crippen molar-refractivity contribution in [2.24, 2.45) is 0 Å². The Bertz CT molecular complexity index is 828. The van der Waals surface area contributed by atoms with Crippen molar-refractivity contribution in [2.75, 3.05) is 0 Å². The molecule has 22 heavy (non-hydrogen) atoms. The van der Waals surface area contributed by atoms with Crippen molar-refractivity contribution in [1.82, 2.24) is 9.97 Å².